The molecule has 0 aliphatic carbocycles. The summed E-state index contributed by atoms with van der Waals surface area (Å²) >= 11 is 0. The van der Waals surface area contributed by atoms with Crippen molar-refractivity contribution in [2.75, 3.05) is 0 Å². The molecule has 0 N–H and O–H groups in total. The van der Waals surface area contributed by atoms with Gasteiger partial charge in [-0.05, 0) is 52.9 Å². The van der Waals surface area contributed by atoms with Crippen molar-refractivity contribution < 1.29 is 0 Å². The molecule has 0 aliphatic heterocycles. The van der Waals surface area contributed by atoms with Crippen LogP contribution in [-0.4, -0.2) is 0 Å². The Morgan fingerprint density at radius 3 is 2.22 bits per heavy atom. The second kappa shape index (κ2) is 4.30. The first kappa shape index (κ1) is 11.0. The Hall–Kier alpha value is -2.08. The van der Waals surface area contributed by atoms with Gasteiger partial charge in [-0.3, -0.25) is 0 Å². The van der Waals surface area contributed by atoms with Crippen molar-refractivity contribution in [3.05, 3.63) is 71.8 Å². The molecule has 0 nitrogen and oxygen atoms in total. The summed E-state index contributed by atoms with van der Waals surface area (Å²) in [5.74, 6) is 0. The molecule has 3 aromatic carbocycles. The van der Waals surface area contributed by atoms with E-state index in [0.29, 0.717) is 0 Å². The Kier molecular flexibility index (Phi) is 2.64. The van der Waals surface area contributed by atoms with Crippen LogP contribution in [0.3, 0.4) is 0 Å². The molecule has 0 saturated carbocycles. The van der Waals surface area contributed by atoms with E-state index in [-0.39, 0.29) is 0 Å². The lowest BCUT2D eigenvalue weighted by Gasteiger charge is -2.12. The van der Waals surface area contributed by atoms with Gasteiger partial charge in [-0.2, -0.15) is 0 Å². The van der Waals surface area contributed by atoms with E-state index in [1.165, 1.54) is 33.0 Å². The average Bonchev–Trinajstić information content (AvgIpc) is 2.39. The maximum atomic E-state index is 3.19. The van der Waals surface area contributed by atoms with Gasteiger partial charge in [0.05, 0.1) is 0 Å². The Morgan fingerprint density at radius 2 is 1.44 bits per heavy atom. The van der Waals surface area contributed by atoms with Gasteiger partial charge in [0, 0.05) is 0 Å². The second-order valence-corrected chi connectivity index (χ2v) is 4.72. The topological polar surface area (TPSA) is 0 Å². The number of rotatable bonds is 1. The molecule has 3 aromatic rings. The van der Waals surface area contributed by atoms with Crippen molar-refractivity contribution in [1.82, 2.24) is 0 Å². The molecule has 87 valence electrons. The lowest BCUT2D eigenvalue weighted by Crippen LogP contribution is -1.89. The fourth-order valence-electron chi connectivity index (χ4n) is 2.62. The molecule has 0 saturated heterocycles. The van der Waals surface area contributed by atoms with Crippen LogP contribution in [0.4, 0.5) is 0 Å². The minimum Gasteiger partial charge on any atom is -0.0616 e. The number of aryl methyl sites for hydroxylation is 2. The Bertz CT molecular complexity index is 683. The van der Waals surface area contributed by atoms with E-state index in [2.05, 4.69) is 74.5 Å². The first-order chi connectivity index (χ1) is 8.77. The SMILES string of the molecule is Cc1c[c]cc(C)c1-c1cccc2ccccc12. The molecule has 0 unspecified atom stereocenters. The van der Waals surface area contributed by atoms with Crippen LogP contribution < -0.4 is 0 Å². The molecule has 0 atom stereocenters. The van der Waals surface area contributed by atoms with Crippen molar-refractivity contribution in [2.24, 2.45) is 0 Å². The summed E-state index contributed by atoms with van der Waals surface area (Å²) in [6, 6.07) is 22.4. The van der Waals surface area contributed by atoms with E-state index in [9.17, 15) is 0 Å². The van der Waals surface area contributed by atoms with Crippen LogP contribution in [0, 0.1) is 19.9 Å². The van der Waals surface area contributed by atoms with Crippen molar-refractivity contribution >= 4 is 10.8 Å². The molecule has 0 bridgehead atoms. The molecular formula is C18H15. The number of hydrogen-bond acceptors (Lipinski definition) is 0. The summed E-state index contributed by atoms with van der Waals surface area (Å²) in [7, 11) is 0. The molecule has 0 heterocycles. The summed E-state index contributed by atoms with van der Waals surface area (Å²) in [5.41, 5.74) is 5.22. The van der Waals surface area contributed by atoms with Gasteiger partial charge in [0.1, 0.15) is 0 Å². The largest absolute Gasteiger partial charge is 0.0616 e. The quantitative estimate of drug-likeness (QED) is 0.557. The number of hydrogen-bond donors (Lipinski definition) is 0. The first-order valence-electron chi connectivity index (χ1n) is 6.23. The predicted octanol–water partition coefficient (Wildman–Crippen LogP) is 4.92. The van der Waals surface area contributed by atoms with Gasteiger partial charge in [0.25, 0.3) is 0 Å². The summed E-state index contributed by atoms with van der Waals surface area (Å²) in [4.78, 5) is 0. The number of benzene rings is 3. The van der Waals surface area contributed by atoms with Crippen molar-refractivity contribution in [3.8, 4) is 11.1 Å². The Labute approximate surface area is 108 Å². The van der Waals surface area contributed by atoms with Gasteiger partial charge in [0.15, 0.2) is 0 Å². The van der Waals surface area contributed by atoms with E-state index in [4.69, 9.17) is 0 Å². The third kappa shape index (κ3) is 1.70. The average molecular weight is 231 g/mol. The zero-order valence-electron chi connectivity index (χ0n) is 10.7. The summed E-state index contributed by atoms with van der Waals surface area (Å²) < 4.78 is 0. The van der Waals surface area contributed by atoms with Crippen molar-refractivity contribution in [3.63, 3.8) is 0 Å². The predicted molar refractivity (Wildman–Crippen MR) is 77.7 cm³/mol. The molecule has 18 heavy (non-hydrogen) atoms. The van der Waals surface area contributed by atoms with E-state index in [1.807, 2.05) is 0 Å². The van der Waals surface area contributed by atoms with Crippen LogP contribution >= 0.6 is 0 Å². The van der Waals surface area contributed by atoms with Gasteiger partial charge in [0.2, 0.25) is 0 Å². The molecular weight excluding hydrogens is 216 g/mol. The molecule has 3 rings (SSSR count). The Balaban J connectivity index is 2.39. The highest BCUT2D eigenvalue weighted by Crippen LogP contribution is 2.32. The van der Waals surface area contributed by atoms with Crippen LogP contribution in [0.2, 0.25) is 0 Å². The molecule has 0 amide bonds. The monoisotopic (exact) mass is 231 g/mol. The highest BCUT2D eigenvalue weighted by Gasteiger charge is 2.08. The molecule has 0 spiro atoms. The van der Waals surface area contributed by atoms with E-state index < -0.39 is 0 Å². The maximum absolute atomic E-state index is 3.19. The van der Waals surface area contributed by atoms with Gasteiger partial charge in [-0.15, -0.1) is 0 Å². The first-order valence-corrected chi connectivity index (χ1v) is 6.23. The summed E-state index contributed by atoms with van der Waals surface area (Å²) in [6.45, 7) is 4.31. The summed E-state index contributed by atoms with van der Waals surface area (Å²) in [6.07, 6.45) is 0. The zero-order valence-corrected chi connectivity index (χ0v) is 10.7. The minimum atomic E-state index is 1.28. The van der Waals surface area contributed by atoms with Crippen LogP contribution in [0.15, 0.2) is 54.6 Å². The zero-order chi connectivity index (χ0) is 12.5. The smallest absolute Gasteiger partial charge is 0.0100 e. The van der Waals surface area contributed by atoms with Gasteiger partial charge in [-0.1, -0.05) is 54.6 Å². The molecule has 1 radical (unpaired) electrons. The van der Waals surface area contributed by atoms with E-state index in [1.54, 1.807) is 0 Å². The highest BCUT2D eigenvalue weighted by atomic mass is 14.1. The highest BCUT2D eigenvalue weighted by molar-refractivity contribution is 5.97. The fourth-order valence-corrected chi connectivity index (χ4v) is 2.62. The van der Waals surface area contributed by atoms with Crippen LogP contribution in [0.25, 0.3) is 21.9 Å². The van der Waals surface area contributed by atoms with Crippen LogP contribution in [0.1, 0.15) is 11.1 Å². The van der Waals surface area contributed by atoms with Gasteiger partial charge < -0.3 is 0 Å². The molecule has 0 aromatic heterocycles. The van der Waals surface area contributed by atoms with Crippen molar-refractivity contribution in [2.45, 2.75) is 13.8 Å². The van der Waals surface area contributed by atoms with Gasteiger partial charge in [-0.25, -0.2) is 0 Å². The molecule has 0 fully saturated rings. The standard InChI is InChI=1S/C18H15/c1-13-7-5-8-14(2)18(13)17-12-6-10-15-9-3-4-11-16(15)17/h3-4,6-12H,1-2H3. The van der Waals surface area contributed by atoms with Crippen LogP contribution in [-0.2, 0) is 0 Å². The third-order valence-electron chi connectivity index (χ3n) is 3.45. The van der Waals surface area contributed by atoms with Crippen LogP contribution in [0.5, 0.6) is 0 Å². The minimum absolute atomic E-state index is 1.28. The fraction of sp³-hybridized carbons (Fsp3) is 0.111. The Morgan fingerprint density at radius 1 is 0.778 bits per heavy atom. The third-order valence-corrected chi connectivity index (χ3v) is 3.45. The maximum Gasteiger partial charge on any atom is -0.0100 e. The van der Waals surface area contributed by atoms with E-state index >= 15 is 0 Å². The lowest BCUT2D eigenvalue weighted by molar-refractivity contribution is 1.38. The van der Waals surface area contributed by atoms with Crippen molar-refractivity contribution in [1.29, 1.82) is 0 Å². The van der Waals surface area contributed by atoms with Gasteiger partial charge >= 0.3 is 0 Å². The molecule has 0 aliphatic rings. The van der Waals surface area contributed by atoms with E-state index in [0.717, 1.165) is 0 Å². The summed E-state index contributed by atoms with van der Waals surface area (Å²) in [5, 5.41) is 2.61. The number of fused-ring (bicyclic) bond motifs is 1. The normalized spacial score (nSPS) is 10.8. The molecule has 0 heteroatoms. The second-order valence-electron chi connectivity index (χ2n) is 4.72. The lowest BCUT2D eigenvalue weighted by atomic mass is 9.92.